The van der Waals surface area contributed by atoms with Gasteiger partial charge in [0, 0.05) is 10.4 Å². The number of rotatable bonds is 5. The summed E-state index contributed by atoms with van der Waals surface area (Å²) in [6.45, 7) is 4.37. The third-order valence-corrected chi connectivity index (χ3v) is 6.62. The zero-order valence-electron chi connectivity index (χ0n) is 15.1. The average molecular weight is 366 g/mol. The molecule has 1 aliphatic carbocycles. The second-order valence-electron chi connectivity index (χ2n) is 7.07. The van der Waals surface area contributed by atoms with Crippen molar-refractivity contribution >= 4 is 27.3 Å². The fourth-order valence-corrected chi connectivity index (χ4v) is 4.83. The number of aromatic nitrogens is 2. The quantitative estimate of drug-likeness (QED) is 0.631. The molecule has 0 radical (unpaired) electrons. The van der Waals surface area contributed by atoms with E-state index < -0.39 is 0 Å². The molecule has 0 fully saturated rings. The molecule has 1 atom stereocenters. The van der Waals surface area contributed by atoms with Gasteiger partial charge in [-0.1, -0.05) is 38.1 Å². The van der Waals surface area contributed by atoms with Crippen molar-refractivity contribution in [3.05, 3.63) is 62.5 Å². The number of nitrogens with zero attached hydrogens (tertiary/aromatic N) is 2. The van der Waals surface area contributed by atoms with E-state index in [0.717, 1.165) is 41.5 Å². The van der Waals surface area contributed by atoms with Gasteiger partial charge in [0.05, 0.1) is 18.3 Å². The summed E-state index contributed by atoms with van der Waals surface area (Å²) in [6.07, 6.45) is 5.67. The number of hydrogen-bond donors (Lipinski definition) is 0. The maximum atomic E-state index is 12.9. The van der Waals surface area contributed by atoms with Gasteiger partial charge in [0.15, 0.2) is 5.78 Å². The van der Waals surface area contributed by atoms with E-state index in [4.69, 9.17) is 0 Å². The highest BCUT2D eigenvalue weighted by atomic mass is 32.1. The number of hydrogen-bond acceptors (Lipinski definition) is 4. The SMILES string of the molecule is CC[C@@H](C)c1ccc(C(=O)Cn2cnc3sc4c(c3c2=O)CCC4)cc1. The molecule has 3 aromatic rings. The number of ketones is 1. The first-order chi connectivity index (χ1) is 12.6. The highest BCUT2D eigenvalue weighted by molar-refractivity contribution is 7.18. The lowest BCUT2D eigenvalue weighted by Gasteiger charge is -2.10. The summed E-state index contributed by atoms with van der Waals surface area (Å²) in [7, 11) is 0. The Labute approximate surface area is 156 Å². The molecule has 0 unspecified atom stereocenters. The Bertz CT molecular complexity index is 1030. The number of benzene rings is 1. The number of carbonyl (C=O) groups excluding carboxylic acids is 1. The van der Waals surface area contributed by atoms with Crippen molar-refractivity contribution < 1.29 is 4.79 Å². The van der Waals surface area contributed by atoms with E-state index in [2.05, 4.69) is 18.8 Å². The second-order valence-corrected chi connectivity index (χ2v) is 8.15. The molecule has 1 aliphatic rings. The van der Waals surface area contributed by atoms with E-state index >= 15 is 0 Å². The van der Waals surface area contributed by atoms with Crippen molar-refractivity contribution in [1.29, 1.82) is 0 Å². The van der Waals surface area contributed by atoms with E-state index in [9.17, 15) is 9.59 Å². The number of carbonyl (C=O) groups is 1. The zero-order valence-corrected chi connectivity index (χ0v) is 15.9. The van der Waals surface area contributed by atoms with E-state index in [0.29, 0.717) is 11.5 Å². The van der Waals surface area contributed by atoms with Crippen LogP contribution in [0.3, 0.4) is 0 Å². The van der Waals surface area contributed by atoms with Crippen LogP contribution in [-0.4, -0.2) is 15.3 Å². The molecule has 0 N–H and O–H groups in total. The third kappa shape index (κ3) is 2.90. The van der Waals surface area contributed by atoms with Crippen LogP contribution in [0.4, 0.5) is 0 Å². The van der Waals surface area contributed by atoms with Gasteiger partial charge in [0.2, 0.25) is 0 Å². The van der Waals surface area contributed by atoms with Crippen molar-refractivity contribution in [3.63, 3.8) is 0 Å². The molecule has 5 heteroatoms. The summed E-state index contributed by atoms with van der Waals surface area (Å²) in [5.74, 6) is 0.421. The molecular weight excluding hydrogens is 344 g/mol. The summed E-state index contributed by atoms with van der Waals surface area (Å²) in [5.41, 5.74) is 2.94. The normalized spacial score (nSPS) is 14.5. The van der Waals surface area contributed by atoms with Gasteiger partial charge in [-0.2, -0.15) is 0 Å². The second kappa shape index (κ2) is 6.80. The maximum Gasteiger partial charge on any atom is 0.262 e. The van der Waals surface area contributed by atoms with Crippen LogP contribution < -0.4 is 5.56 Å². The van der Waals surface area contributed by atoms with Crippen molar-refractivity contribution in [2.24, 2.45) is 0 Å². The molecule has 2 aromatic heterocycles. The smallest absolute Gasteiger partial charge is 0.262 e. The first kappa shape index (κ1) is 17.2. The molecule has 0 aliphatic heterocycles. The lowest BCUT2D eigenvalue weighted by Crippen LogP contribution is -2.24. The van der Waals surface area contributed by atoms with Gasteiger partial charge in [-0.15, -0.1) is 11.3 Å². The summed E-state index contributed by atoms with van der Waals surface area (Å²) in [4.78, 5) is 32.0. The highest BCUT2D eigenvalue weighted by Gasteiger charge is 2.21. The fraction of sp³-hybridized carbons (Fsp3) is 0.381. The number of thiophene rings is 1. The minimum Gasteiger partial charge on any atom is -0.292 e. The average Bonchev–Trinajstić information content (AvgIpc) is 3.24. The van der Waals surface area contributed by atoms with Crippen LogP contribution in [0.2, 0.25) is 0 Å². The fourth-order valence-electron chi connectivity index (χ4n) is 3.61. The summed E-state index contributed by atoms with van der Waals surface area (Å²) >= 11 is 1.62. The van der Waals surface area contributed by atoms with Gasteiger partial charge < -0.3 is 0 Å². The lowest BCUT2D eigenvalue weighted by molar-refractivity contribution is 0.0970. The minimum atomic E-state index is -0.0843. The Morgan fingerprint density at radius 1 is 1.27 bits per heavy atom. The number of aryl methyl sites for hydroxylation is 2. The molecule has 26 heavy (non-hydrogen) atoms. The standard InChI is InChI=1S/C21H22N2O2S/c1-3-13(2)14-7-9-15(10-8-14)17(24)11-23-12-22-20-19(21(23)25)16-5-4-6-18(16)26-20/h7-10,12-13H,3-6,11H2,1-2H3/t13-/m1/s1. The van der Waals surface area contributed by atoms with Gasteiger partial charge >= 0.3 is 0 Å². The predicted octanol–water partition coefficient (Wildman–Crippen LogP) is 4.34. The van der Waals surface area contributed by atoms with Crippen molar-refractivity contribution in [1.82, 2.24) is 9.55 Å². The molecule has 4 rings (SSSR count). The highest BCUT2D eigenvalue weighted by Crippen LogP contribution is 2.34. The van der Waals surface area contributed by atoms with Gasteiger partial charge in [-0.3, -0.25) is 14.2 Å². The predicted molar refractivity (Wildman–Crippen MR) is 105 cm³/mol. The van der Waals surface area contributed by atoms with Crippen LogP contribution >= 0.6 is 11.3 Å². The minimum absolute atomic E-state index is 0.0368. The molecule has 0 bridgehead atoms. The number of Topliss-reactive ketones (excluding diaryl/α,β-unsaturated/α-hetero) is 1. The molecular formula is C21H22N2O2S. The van der Waals surface area contributed by atoms with Crippen molar-refractivity contribution in [3.8, 4) is 0 Å². The van der Waals surface area contributed by atoms with Gasteiger partial charge in [-0.05, 0) is 42.7 Å². The Balaban J connectivity index is 1.62. The Morgan fingerprint density at radius 2 is 2.04 bits per heavy atom. The van der Waals surface area contributed by atoms with Crippen molar-refractivity contribution in [2.75, 3.05) is 0 Å². The van der Waals surface area contributed by atoms with E-state index in [1.807, 2.05) is 24.3 Å². The van der Waals surface area contributed by atoms with Crippen LogP contribution in [0.5, 0.6) is 0 Å². The van der Waals surface area contributed by atoms with Crippen LogP contribution in [0, 0.1) is 0 Å². The Hall–Kier alpha value is -2.27. The molecule has 0 saturated carbocycles. The third-order valence-electron chi connectivity index (χ3n) is 5.42. The molecule has 0 amide bonds. The summed E-state index contributed by atoms with van der Waals surface area (Å²) < 4.78 is 1.46. The topological polar surface area (TPSA) is 52.0 Å². The van der Waals surface area contributed by atoms with Gasteiger partial charge in [-0.25, -0.2) is 4.98 Å². The summed E-state index contributed by atoms with van der Waals surface area (Å²) in [5, 5.41) is 0.727. The van der Waals surface area contributed by atoms with Crippen LogP contribution in [0.15, 0.2) is 35.4 Å². The van der Waals surface area contributed by atoms with Crippen LogP contribution in [0.1, 0.15) is 59.0 Å². The number of fused-ring (bicyclic) bond motifs is 3. The van der Waals surface area contributed by atoms with Gasteiger partial charge in [0.25, 0.3) is 5.56 Å². The maximum absolute atomic E-state index is 12.9. The largest absolute Gasteiger partial charge is 0.292 e. The lowest BCUT2D eigenvalue weighted by atomic mass is 9.97. The van der Waals surface area contributed by atoms with E-state index in [1.54, 1.807) is 11.3 Å². The van der Waals surface area contributed by atoms with E-state index in [1.165, 1.54) is 21.3 Å². The Morgan fingerprint density at radius 3 is 2.77 bits per heavy atom. The molecule has 1 aromatic carbocycles. The van der Waals surface area contributed by atoms with Crippen molar-refractivity contribution in [2.45, 2.75) is 52.0 Å². The molecule has 4 nitrogen and oxygen atoms in total. The van der Waals surface area contributed by atoms with Crippen LogP contribution in [0.25, 0.3) is 10.2 Å². The van der Waals surface area contributed by atoms with E-state index in [-0.39, 0.29) is 17.9 Å². The zero-order chi connectivity index (χ0) is 18.3. The molecule has 134 valence electrons. The monoisotopic (exact) mass is 366 g/mol. The first-order valence-electron chi connectivity index (χ1n) is 9.21. The van der Waals surface area contributed by atoms with Crippen LogP contribution in [-0.2, 0) is 19.4 Å². The van der Waals surface area contributed by atoms with Gasteiger partial charge in [0.1, 0.15) is 4.83 Å². The Kier molecular flexibility index (Phi) is 4.49. The molecule has 2 heterocycles. The first-order valence-corrected chi connectivity index (χ1v) is 10.0. The molecule has 0 saturated heterocycles. The molecule has 0 spiro atoms. The summed E-state index contributed by atoms with van der Waals surface area (Å²) in [6, 6.07) is 7.75.